The van der Waals surface area contributed by atoms with Crippen LogP contribution in [0.3, 0.4) is 0 Å². The Labute approximate surface area is 79.7 Å². The summed E-state index contributed by atoms with van der Waals surface area (Å²) in [5, 5.41) is 0. The van der Waals surface area contributed by atoms with Crippen molar-refractivity contribution in [1.29, 1.82) is 0 Å². The van der Waals surface area contributed by atoms with Gasteiger partial charge in [-0.05, 0) is 19.8 Å². The Morgan fingerprint density at radius 2 is 1.92 bits per heavy atom. The second-order valence-corrected chi connectivity index (χ2v) is 3.51. The number of esters is 1. The molecule has 1 fully saturated rings. The molecule has 0 spiro atoms. The lowest BCUT2D eigenvalue weighted by Gasteiger charge is -2.29. The summed E-state index contributed by atoms with van der Waals surface area (Å²) in [5.74, 6) is 5.72. The molecule has 1 saturated carbocycles. The second kappa shape index (κ2) is 4.32. The number of carbonyl (C=O) groups is 1. The number of hydrogen-bond acceptors (Lipinski definition) is 2. The zero-order chi connectivity index (χ0) is 9.73. The van der Waals surface area contributed by atoms with Gasteiger partial charge in [0.15, 0.2) is 0 Å². The molecule has 0 unspecified atom stereocenters. The van der Waals surface area contributed by atoms with Crippen molar-refractivity contribution in [3.05, 3.63) is 0 Å². The minimum Gasteiger partial charge on any atom is -0.468 e. The van der Waals surface area contributed by atoms with Crippen molar-refractivity contribution >= 4 is 5.97 Å². The Morgan fingerprint density at radius 3 is 2.38 bits per heavy atom. The van der Waals surface area contributed by atoms with Crippen LogP contribution in [0.1, 0.15) is 39.0 Å². The number of hydrogen-bond donors (Lipinski definition) is 0. The molecule has 0 amide bonds. The molecule has 2 heteroatoms. The van der Waals surface area contributed by atoms with Gasteiger partial charge in [0.1, 0.15) is 5.41 Å². The maximum absolute atomic E-state index is 11.6. The average molecular weight is 180 g/mol. The van der Waals surface area contributed by atoms with Crippen LogP contribution in [0, 0.1) is 17.3 Å². The van der Waals surface area contributed by atoms with Gasteiger partial charge in [-0.3, -0.25) is 4.79 Å². The summed E-state index contributed by atoms with van der Waals surface area (Å²) in [5.41, 5.74) is -0.484. The molecule has 0 atom stereocenters. The lowest BCUT2D eigenvalue weighted by atomic mass is 9.74. The highest BCUT2D eigenvalue weighted by Gasteiger charge is 2.38. The van der Waals surface area contributed by atoms with Crippen LogP contribution < -0.4 is 0 Å². The van der Waals surface area contributed by atoms with Crippen molar-refractivity contribution in [3.63, 3.8) is 0 Å². The van der Waals surface area contributed by atoms with Crippen LogP contribution in [0.4, 0.5) is 0 Å². The molecule has 2 nitrogen and oxygen atoms in total. The van der Waals surface area contributed by atoms with E-state index in [0.29, 0.717) is 0 Å². The first-order valence-corrected chi connectivity index (χ1v) is 4.77. The van der Waals surface area contributed by atoms with Gasteiger partial charge in [0, 0.05) is 0 Å². The summed E-state index contributed by atoms with van der Waals surface area (Å²) in [6.45, 7) is 1.78. The van der Waals surface area contributed by atoms with E-state index in [0.717, 1.165) is 25.7 Å². The van der Waals surface area contributed by atoms with Crippen molar-refractivity contribution in [2.24, 2.45) is 5.41 Å². The van der Waals surface area contributed by atoms with E-state index in [1.54, 1.807) is 6.92 Å². The fraction of sp³-hybridized carbons (Fsp3) is 0.727. The predicted molar refractivity (Wildman–Crippen MR) is 51.0 cm³/mol. The first kappa shape index (κ1) is 10.1. The van der Waals surface area contributed by atoms with E-state index in [1.807, 2.05) is 0 Å². The number of rotatable bonds is 1. The third kappa shape index (κ3) is 2.03. The highest BCUT2D eigenvalue weighted by Crippen LogP contribution is 2.36. The lowest BCUT2D eigenvalue weighted by molar-refractivity contribution is -0.150. The second-order valence-electron chi connectivity index (χ2n) is 3.51. The standard InChI is InChI=1S/C11H16O2/c1-3-7-11(10(12)13-2)8-5-4-6-9-11/h4-6,8-9H2,1-2H3. The van der Waals surface area contributed by atoms with Crippen LogP contribution in [0.5, 0.6) is 0 Å². The van der Waals surface area contributed by atoms with Crippen molar-refractivity contribution in [1.82, 2.24) is 0 Å². The number of methoxy groups -OCH3 is 1. The summed E-state index contributed by atoms with van der Waals surface area (Å²) >= 11 is 0. The molecule has 1 aliphatic carbocycles. The molecule has 0 aromatic rings. The molecule has 13 heavy (non-hydrogen) atoms. The fourth-order valence-corrected chi connectivity index (χ4v) is 1.97. The first-order chi connectivity index (χ1) is 6.25. The quantitative estimate of drug-likeness (QED) is 0.456. The summed E-state index contributed by atoms with van der Waals surface area (Å²) in [6, 6.07) is 0. The topological polar surface area (TPSA) is 26.3 Å². The molecule has 0 aromatic carbocycles. The van der Waals surface area contributed by atoms with Crippen LogP contribution in [-0.4, -0.2) is 13.1 Å². The van der Waals surface area contributed by atoms with E-state index in [9.17, 15) is 4.79 Å². The normalized spacial score (nSPS) is 19.8. The van der Waals surface area contributed by atoms with Crippen molar-refractivity contribution in [2.75, 3.05) is 7.11 Å². The molecule has 0 N–H and O–H groups in total. The largest absolute Gasteiger partial charge is 0.468 e. The van der Waals surface area contributed by atoms with Crippen LogP contribution >= 0.6 is 0 Å². The van der Waals surface area contributed by atoms with E-state index in [1.165, 1.54) is 13.5 Å². The van der Waals surface area contributed by atoms with Gasteiger partial charge < -0.3 is 4.74 Å². The van der Waals surface area contributed by atoms with Gasteiger partial charge in [-0.25, -0.2) is 0 Å². The average Bonchev–Trinajstić information content (AvgIpc) is 2.18. The Morgan fingerprint density at radius 1 is 1.31 bits per heavy atom. The number of ether oxygens (including phenoxy) is 1. The van der Waals surface area contributed by atoms with Crippen molar-refractivity contribution < 1.29 is 9.53 Å². The summed E-state index contributed by atoms with van der Waals surface area (Å²) in [7, 11) is 1.44. The van der Waals surface area contributed by atoms with E-state index >= 15 is 0 Å². The van der Waals surface area contributed by atoms with Crippen LogP contribution in [-0.2, 0) is 9.53 Å². The molecule has 0 bridgehead atoms. The minimum atomic E-state index is -0.484. The zero-order valence-corrected chi connectivity index (χ0v) is 8.35. The third-order valence-corrected chi connectivity index (χ3v) is 2.65. The van der Waals surface area contributed by atoms with E-state index < -0.39 is 5.41 Å². The van der Waals surface area contributed by atoms with Gasteiger partial charge in [0.2, 0.25) is 0 Å². The van der Waals surface area contributed by atoms with Gasteiger partial charge in [-0.1, -0.05) is 25.2 Å². The predicted octanol–water partition coefficient (Wildman–Crippen LogP) is 2.13. The van der Waals surface area contributed by atoms with Crippen molar-refractivity contribution in [2.45, 2.75) is 39.0 Å². The third-order valence-electron chi connectivity index (χ3n) is 2.65. The molecule has 1 rings (SSSR count). The maximum Gasteiger partial charge on any atom is 0.323 e. The van der Waals surface area contributed by atoms with E-state index in [4.69, 9.17) is 4.74 Å². The summed E-state index contributed by atoms with van der Waals surface area (Å²) in [4.78, 5) is 11.6. The molecule has 72 valence electrons. The molecular weight excluding hydrogens is 164 g/mol. The Bertz CT molecular complexity index is 239. The molecular formula is C11H16O2. The van der Waals surface area contributed by atoms with Crippen molar-refractivity contribution in [3.8, 4) is 11.8 Å². The van der Waals surface area contributed by atoms with Crippen LogP contribution in [0.25, 0.3) is 0 Å². The van der Waals surface area contributed by atoms with Crippen LogP contribution in [0.15, 0.2) is 0 Å². The van der Waals surface area contributed by atoms with E-state index in [-0.39, 0.29) is 5.97 Å². The molecule has 0 saturated heterocycles. The zero-order valence-electron chi connectivity index (χ0n) is 8.35. The Hall–Kier alpha value is -0.970. The summed E-state index contributed by atoms with van der Waals surface area (Å²) < 4.78 is 4.80. The first-order valence-electron chi connectivity index (χ1n) is 4.77. The molecule has 0 aliphatic heterocycles. The van der Waals surface area contributed by atoms with Gasteiger partial charge in [-0.2, -0.15) is 0 Å². The molecule has 0 radical (unpaired) electrons. The molecule has 0 heterocycles. The summed E-state index contributed by atoms with van der Waals surface area (Å²) in [6.07, 6.45) is 5.11. The van der Waals surface area contributed by atoms with Crippen LogP contribution in [0.2, 0.25) is 0 Å². The number of carbonyl (C=O) groups excluding carboxylic acids is 1. The van der Waals surface area contributed by atoms with Gasteiger partial charge in [0.25, 0.3) is 0 Å². The maximum atomic E-state index is 11.6. The van der Waals surface area contributed by atoms with Gasteiger partial charge in [0.05, 0.1) is 7.11 Å². The molecule has 1 aliphatic rings. The van der Waals surface area contributed by atoms with Gasteiger partial charge in [-0.15, -0.1) is 5.92 Å². The Balaban J connectivity index is 2.83. The van der Waals surface area contributed by atoms with Gasteiger partial charge >= 0.3 is 5.97 Å². The van der Waals surface area contributed by atoms with E-state index in [2.05, 4.69) is 11.8 Å². The lowest BCUT2D eigenvalue weighted by Crippen LogP contribution is -2.33. The highest BCUT2D eigenvalue weighted by atomic mass is 16.5. The SMILES string of the molecule is CC#CC1(C(=O)OC)CCCCC1. The highest BCUT2D eigenvalue weighted by molar-refractivity contribution is 5.80. The fourth-order valence-electron chi connectivity index (χ4n) is 1.97. The molecule has 0 aromatic heterocycles. The smallest absolute Gasteiger partial charge is 0.323 e. The minimum absolute atomic E-state index is 0.151. The monoisotopic (exact) mass is 180 g/mol. The Kier molecular flexibility index (Phi) is 3.36.